The van der Waals surface area contributed by atoms with Crippen LogP contribution in [0.25, 0.3) is 0 Å². The second kappa shape index (κ2) is 17.0. The van der Waals surface area contributed by atoms with E-state index < -0.39 is 0 Å². The third-order valence-electron chi connectivity index (χ3n) is 3.83. The monoisotopic (exact) mass is 289 g/mol. The fraction of sp³-hybridized carbons (Fsp3) is 0.750. The minimum absolute atomic E-state index is 0.227. The van der Waals surface area contributed by atoms with Crippen molar-refractivity contribution in [2.75, 3.05) is 0 Å². The number of nitrogens with zero attached hydrogens (tertiary/aromatic N) is 1. The van der Waals surface area contributed by atoms with Gasteiger partial charge in [0.2, 0.25) is 0 Å². The molecule has 0 aromatic rings. The molecule has 1 nitrogen and oxygen atoms in total. The van der Waals surface area contributed by atoms with Gasteiger partial charge in [0.25, 0.3) is 0 Å². The Hall–Kier alpha value is -1.03. The summed E-state index contributed by atoms with van der Waals surface area (Å²) in [6, 6.07) is 2.46. The Labute approximate surface area is 133 Å². The first-order valence-electron chi connectivity index (χ1n) is 9.04. The quantitative estimate of drug-likeness (QED) is 0.250. The number of unbranched alkanes of at least 4 members (excludes halogenated alkanes) is 6. The van der Waals surface area contributed by atoms with Crippen molar-refractivity contribution in [2.24, 2.45) is 5.92 Å². The first-order valence-corrected chi connectivity index (χ1v) is 9.04. The molecule has 0 fully saturated rings. The van der Waals surface area contributed by atoms with Crippen molar-refractivity contribution in [2.45, 2.75) is 90.9 Å². The summed E-state index contributed by atoms with van der Waals surface area (Å²) in [4.78, 5) is 0. The lowest BCUT2D eigenvalue weighted by Gasteiger charge is -2.04. The highest BCUT2D eigenvalue weighted by Gasteiger charge is 2.04. The van der Waals surface area contributed by atoms with E-state index in [4.69, 9.17) is 0 Å². The molecule has 0 radical (unpaired) electrons. The van der Waals surface area contributed by atoms with Gasteiger partial charge in [-0.25, -0.2) is 0 Å². The van der Waals surface area contributed by atoms with Crippen LogP contribution in [0.3, 0.4) is 0 Å². The summed E-state index contributed by atoms with van der Waals surface area (Å²) < 4.78 is 0. The Morgan fingerprint density at radius 2 is 1.14 bits per heavy atom. The molecule has 0 aliphatic rings. The van der Waals surface area contributed by atoms with E-state index in [-0.39, 0.29) is 5.92 Å². The van der Waals surface area contributed by atoms with Crippen LogP contribution >= 0.6 is 0 Å². The fourth-order valence-electron chi connectivity index (χ4n) is 2.36. The lowest BCUT2D eigenvalue weighted by Crippen LogP contribution is -1.95. The van der Waals surface area contributed by atoms with Crippen LogP contribution in [0.4, 0.5) is 0 Å². The zero-order valence-corrected chi connectivity index (χ0v) is 14.3. The molecule has 0 heterocycles. The van der Waals surface area contributed by atoms with E-state index in [1.807, 2.05) is 0 Å². The molecule has 0 unspecified atom stereocenters. The van der Waals surface area contributed by atoms with Gasteiger partial charge in [-0.05, 0) is 51.4 Å². The molecule has 0 saturated carbocycles. The molecule has 0 bridgehead atoms. The second-order valence-corrected chi connectivity index (χ2v) is 5.92. The van der Waals surface area contributed by atoms with Crippen LogP contribution in [-0.2, 0) is 0 Å². The minimum Gasteiger partial charge on any atom is -0.198 e. The van der Waals surface area contributed by atoms with Gasteiger partial charge >= 0.3 is 0 Å². The molecular weight excluding hydrogens is 254 g/mol. The lowest BCUT2D eigenvalue weighted by molar-refractivity contribution is 0.566. The number of allylic oxidation sites excluding steroid dienone is 4. The minimum atomic E-state index is 0.227. The molecule has 21 heavy (non-hydrogen) atoms. The highest BCUT2D eigenvalue weighted by molar-refractivity contribution is 4.90. The van der Waals surface area contributed by atoms with Gasteiger partial charge in [0, 0.05) is 5.92 Å². The van der Waals surface area contributed by atoms with Gasteiger partial charge in [0.15, 0.2) is 0 Å². The van der Waals surface area contributed by atoms with E-state index in [2.05, 4.69) is 44.2 Å². The van der Waals surface area contributed by atoms with Gasteiger partial charge in [0.05, 0.1) is 6.07 Å². The van der Waals surface area contributed by atoms with Gasteiger partial charge in [-0.15, -0.1) is 0 Å². The van der Waals surface area contributed by atoms with E-state index in [9.17, 15) is 5.26 Å². The third kappa shape index (κ3) is 15.2. The predicted molar refractivity (Wildman–Crippen MR) is 94.1 cm³/mol. The van der Waals surface area contributed by atoms with Crippen molar-refractivity contribution in [3.05, 3.63) is 24.3 Å². The highest BCUT2D eigenvalue weighted by atomic mass is 14.3. The summed E-state index contributed by atoms with van der Waals surface area (Å²) in [5.74, 6) is 0.227. The van der Waals surface area contributed by atoms with E-state index in [1.54, 1.807) is 0 Å². The van der Waals surface area contributed by atoms with Crippen LogP contribution in [0.1, 0.15) is 90.9 Å². The first-order chi connectivity index (χ1) is 10.3. The zero-order valence-electron chi connectivity index (χ0n) is 14.3. The molecule has 0 spiro atoms. The normalized spacial score (nSPS) is 11.7. The molecule has 0 rings (SSSR count). The van der Waals surface area contributed by atoms with Crippen LogP contribution in [0.2, 0.25) is 0 Å². The molecular formula is C20H35N. The van der Waals surface area contributed by atoms with Crippen LogP contribution < -0.4 is 0 Å². The van der Waals surface area contributed by atoms with Gasteiger partial charge in [-0.2, -0.15) is 5.26 Å². The Morgan fingerprint density at radius 3 is 1.52 bits per heavy atom. The summed E-state index contributed by atoms with van der Waals surface area (Å²) in [6.07, 6.45) is 23.5. The standard InChI is InChI=1S/C20H35N/c1-3-5-7-9-11-13-15-17-20(19-21)18-16-14-12-10-8-6-4-2/h11-14,20H,3-10,15-18H2,1-2H3/b13-11-,14-12-. The Balaban J connectivity index is 3.56. The maximum absolute atomic E-state index is 9.17. The highest BCUT2D eigenvalue weighted by Crippen LogP contribution is 2.14. The average molecular weight is 290 g/mol. The average Bonchev–Trinajstić information content (AvgIpc) is 2.51. The molecule has 1 heteroatoms. The summed E-state index contributed by atoms with van der Waals surface area (Å²) >= 11 is 0. The van der Waals surface area contributed by atoms with Gasteiger partial charge in [-0.1, -0.05) is 63.8 Å². The van der Waals surface area contributed by atoms with Crippen LogP contribution in [0, 0.1) is 17.2 Å². The van der Waals surface area contributed by atoms with Crippen molar-refractivity contribution in [3.63, 3.8) is 0 Å². The number of hydrogen-bond donors (Lipinski definition) is 0. The van der Waals surface area contributed by atoms with Crippen molar-refractivity contribution < 1.29 is 0 Å². The van der Waals surface area contributed by atoms with Crippen molar-refractivity contribution in [1.29, 1.82) is 5.26 Å². The van der Waals surface area contributed by atoms with E-state index in [0.717, 1.165) is 25.7 Å². The molecule has 0 amide bonds. The Bertz CT molecular complexity index is 271. The molecule has 0 aromatic carbocycles. The first kappa shape index (κ1) is 20.0. The smallest absolute Gasteiger partial charge is 0.0656 e. The third-order valence-corrected chi connectivity index (χ3v) is 3.83. The maximum Gasteiger partial charge on any atom is 0.0656 e. The van der Waals surface area contributed by atoms with Crippen LogP contribution in [0.5, 0.6) is 0 Å². The van der Waals surface area contributed by atoms with Gasteiger partial charge < -0.3 is 0 Å². The molecule has 0 aliphatic heterocycles. The number of rotatable bonds is 14. The number of nitriles is 1. The van der Waals surface area contributed by atoms with Gasteiger partial charge in [-0.3, -0.25) is 0 Å². The van der Waals surface area contributed by atoms with Crippen LogP contribution in [0.15, 0.2) is 24.3 Å². The summed E-state index contributed by atoms with van der Waals surface area (Å²) in [5, 5.41) is 9.17. The summed E-state index contributed by atoms with van der Waals surface area (Å²) in [6.45, 7) is 4.47. The number of hydrogen-bond acceptors (Lipinski definition) is 1. The summed E-state index contributed by atoms with van der Waals surface area (Å²) in [7, 11) is 0. The van der Waals surface area contributed by atoms with E-state index >= 15 is 0 Å². The van der Waals surface area contributed by atoms with E-state index in [1.165, 1.54) is 51.4 Å². The SMILES string of the molecule is CCCCC/C=C\CCC(C#N)CC/C=C\CCCCC. The largest absolute Gasteiger partial charge is 0.198 e. The van der Waals surface area contributed by atoms with E-state index in [0.29, 0.717) is 0 Å². The van der Waals surface area contributed by atoms with Gasteiger partial charge in [0.1, 0.15) is 0 Å². The Kier molecular flexibility index (Phi) is 16.2. The Morgan fingerprint density at radius 1 is 0.714 bits per heavy atom. The summed E-state index contributed by atoms with van der Waals surface area (Å²) in [5.41, 5.74) is 0. The molecule has 0 saturated heterocycles. The topological polar surface area (TPSA) is 23.8 Å². The lowest BCUT2D eigenvalue weighted by atomic mass is 9.98. The molecule has 120 valence electrons. The molecule has 0 atom stereocenters. The molecule has 0 N–H and O–H groups in total. The van der Waals surface area contributed by atoms with Crippen molar-refractivity contribution in [3.8, 4) is 6.07 Å². The second-order valence-electron chi connectivity index (χ2n) is 5.92. The van der Waals surface area contributed by atoms with Crippen molar-refractivity contribution in [1.82, 2.24) is 0 Å². The van der Waals surface area contributed by atoms with Crippen molar-refractivity contribution >= 4 is 0 Å². The molecule has 0 aliphatic carbocycles. The fourth-order valence-corrected chi connectivity index (χ4v) is 2.36. The molecule has 0 aromatic heterocycles. The zero-order chi connectivity index (χ0) is 15.6. The predicted octanol–water partition coefficient (Wildman–Crippen LogP) is 6.96. The maximum atomic E-state index is 9.17. The van der Waals surface area contributed by atoms with Crippen LogP contribution in [-0.4, -0.2) is 0 Å².